The molecule has 142 valence electrons. The van der Waals surface area contributed by atoms with Gasteiger partial charge >= 0.3 is 0 Å². The summed E-state index contributed by atoms with van der Waals surface area (Å²) in [5, 5.41) is 3.20. The fourth-order valence-corrected chi connectivity index (χ4v) is 4.37. The van der Waals surface area contributed by atoms with Crippen LogP contribution in [0.15, 0.2) is 6.20 Å². The van der Waals surface area contributed by atoms with Gasteiger partial charge in [0.25, 0.3) is 0 Å². The number of likely N-dealkylation sites (tertiary alicyclic amines) is 1. The third kappa shape index (κ3) is 4.00. The van der Waals surface area contributed by atoms with Crippen LogP contribution in [0, 0.1) is 19.8 Å². The number of aromatic nitrogens is 2. The molecule has 0 spiro atoms. The van der Waals surface area contributed by atoms with Gasteiger partial charge in [-0.05, 0) is 58.9 Å². The summed E-state index contributed by atoms with van der Waals surface area (Å²) in [4.78, 5) is 26.5. The predicted octanol–water partition coefficient (Wildman–Crippen LogP) is 2.05. The van der Waals surface area contributed by atoms with Crippen molar-refractivity contribution in [1.29, 1.82) is 0 Å². The van der Waals surface area contributed by atoms with Gasteiger partial charge in [-0.25, -0.2) is 4.98 Å². The Hall–Kier alpha value is -1.69. The lowest BCUT2D eigenvalue weighted by Crippen LogP contribution is -2.51. The molecule has 0 radical (unpaired) electrons. The van der Waals surface area contributed by atoms with Crippen LogP contribution >= 0.6 is 0 Å². The van der Waals surface area contributed by atoms with E-state index >= 15 is 0 Å². The van der Waals surface area contributed by atoms with Gasteiger partial charge in [-0.3, -0.25) is 14.7 Å². The molecule has 6 nitrogen and oxygen atoms in total. The van der Waals surface area contributed by atoms with E-state index in [-0.39, 0.29) is 5.92 Å². The quantitative estimate of drug-likeness (QED) is 0.894. The van der Waals surface area contributed by atoms with Gasteiger partial charge in [0.1, 0.15) is 5.82 Å². The topological polar surface area (TPSA) is 61.4 Å². The van der Waals surface area contributed by atoms with E-state index in [1.165, 1.54) is 12.8 Å². The Bertz CT molecular complexity index is 652. The summed E-state index contributed by atoms with van der Waals surface area (Å²) in [5.74, 6) is 1.52. The number of carbonyl (C=O) groups is 1. The zero-order valence-electron chi connectivity index (χ0n) is 16.1. The molecule has 1 amide bonds. The zero-order valence-corrected chi connectivity index (χ0v) is 16.1. The van der Waals surface area contributed by atoms with Crippen LogP contribution in [0.3, 0.4) is 0 Å². The molecule has 26 heavy (non-hydrogen) atoms. The summed E-state index contributed by atoms with van der Waals surface area (Å²) < 4.78 is 0. The van der Waals surface area contributed by atoms with Crippen molar-refractivity contribution in [2.75, 3.05) is 31.1 Å². The summed E-state index contributed by atoms with van der Waals surface area (Å²) in [5.41, 5.74) is 2.00. The van der Waals surface area contributed by atoms with Crippen molar-refractivity contribution in [2.24, 2.45) is 5.92 Å². The molecule has 3 fully saturated rings. The molecule has 1 aromatic rings. The first-order valence-electron chi connectivity index (χ1n) is 10.2. The maximum Gasteiger partial charge on any atom is 0.224 e. The molecule has 1 atom stereocenters. The average molecular weight is 358 g/mol. The van der Waals surface area contributed by atoms with Gasteiger partial charge in [-0.15, -0.1) is 0 Å². The Labute approximate surface area is 156 Å². The molecular weight excluding hydrogens is 326 g/mol. The fraction of sp³-hybridized carbons (Fsp3) is 0.750. The maximum absolute atomic E-state index is 12.4. The number of nitrogens with one attached hydrogen (secondary N) is 1. The van der Waals surface area contributed by atoms with Gasteiger partial charge in [0.15, 0.2) is 0 Å². The monoisotopic (exact) mass is 357 g/mol. The summed E-state index contributed by atoms with van der Waals surface area (Å²) >= 11 is 0. The zero-order chi connectivity index (χ0) is 18.1. The lowest BCUT2D eigenvalue weighted by molar-refractivity contribution is -0.127. The van der Waals surface area contributed by atoms with Crippen molar-refractivity contribution in [1.82, 2.24) is 20.2 Å². The highest BCUT2D eigenvalue weighted by atomic mass is 16.2. The fourth-order valence-electron chi connectivity index (χ4n) is 4.37. The van der Waals surface area contributed by atoms with E-state index in [1.807, 2.05) is 20.0 Å². The van der Waals surface area contributed by atoms with E-state index in [4.69, 9.17) is 4.98 Å². The van der Waals surface area contributed by atoms with Gasteiger partial charge in [0.2, 0.25) is 5.91 Å². The molecule has 1 N–H and O–H groups in total. The molecule has 3 heterocycles. The van der Waals surface area contributed by atoms with Crippen LogP contribution in [0.5, 0.6) is 0 Å². The molecule has 0 bridgehead atoms. The van der Waals surface area contributed by atoms with Crippen LogP contribution in [0.4, 0.5) is 5.82 Å². The molecule has 1 unspecified atom stereocenters. The van der Waals surface area contributed by atoms with Crippen LogP contribution < -0.4 is 10.2 Å². The first-order chi connectivity index (χ1) is 12.6. The lowest BCUT2D eigenvalue weighted by Gasteiger charge is -2.42. The number of anilines is 1. The first kappa shape index (κ1) is 17.7. The Morgan fingerprint density at radius 3 is 2.62 bits per heavy atom. The largest absolute Gasteiger partial charge is 0.355 e. The molecular formula is C20H31N5O. The summed E-state index contributed by atoms with van der Waals surface area (Å²) in [6.07, 6.45) is 8.66. The van der Waals surface area contributed by atoms with Crippen molar-refractivity contribution in [3.8, 4) is 0 Å². The van der Waals surface area contributed by atoms with E-state index in [2.05, 4.69) is 20.1 Å². The Morgan fingerprint density at radius 2 is 1.88 bits per heavy atom. The molecule has 2 saturated heterocycles. The van der Waals surface area contributed by atoms with Crippen molar-refractivity contribution in [3.05, 3.63) is 17.6 Å². The number of amides is 1. The summed E-state index contributed by atoms with van der Waals surface area (Å²) in [7, 11) is 0. The molecule has 1 aliphatic carbocycles. The third-order valence-electron chi connectivity index (χ3n) is 6.08. The van der Waals surface area contributed by atoms with Gasteiger partial charge in [-0.2, -0.15) is 0 Å². The molecule has 3 aliphatic rings. The van der Waals surface area contributed by atoms with Crippen LogP contribution in [0.25, 0.3) is 0 Å². The predicted molar refractivity (Wildman–Crippen MR) is 102 cm³/mol. The minimum Gasteiger partial charge on any atom is -0.355 e. The van der Waals surface area contributed by atoms with Crippen molar-refractivity contribution < 1.29 is 4.79 Å². The summed E-state index contributed by atoms with van der Waals surface area (Å²) in [6.45, 7) is 8.18. The molecule has 0 aromatic carbocycles. The minimum absolute atomic E-state index is 0.187. The Balaban J connectivity index is 1.32. The number of aryl methyl sites for hydroxylation is 2. The molecule has 6 heteroatoms. The number of hydrogen-bond donors (Lipinski definition) is 1. The number of nitrogens with zero attached hydrogens (tertiary/aromatic N) is 4. The highest BCUT2D eigenvalue weighted by molar-refractivity contribution is 5.79. The van der Waals surface area contributed by atoms with E-state index in [1.54, 1.807) is 0 Å². The second kappa shape index (κ2) is 7.51. The number of rotatable bonds is 4. The van der Waals surface area contributed by atoms with Gasteiger partial charge in [0.05, 0.1) is 17.3 Å². The van der Waals surface area contributed by atoms with Crippen molar-refractivity contribution >= 4 is 11.7 Å². The van der Waals surface area contributed by atoms with E-state index in [0.717, 1.165) is 69.1 Å². The number of hydrogen-bond acceptors (Lipinski definition) is 5. The van der Waals surface area contributed by atoms with Gasteiger partial charge < -0.3 is 10.2 Å². The Morgan fingerprint density at radius 1 is 1.12 bits per heavy atom. The number of carbonyl (C=O) groups excluding carboxylic acids is 1. The maximum atomic E-state index is 12.4. The number of piperidine rings is 2. The molecule has 4 rings (SSSR count). The first-order valence-corrected chi connectivity index (χ1v) is 10.2. The SMILES string of the molecule is Cc1cnc(C)c(N2CCC(N3CCCC(C(=O)NC4CC4)C3)CC2)n1. The third-order valence-corrected chi connectivity index (χ3v) is 6.08. The van der Waals surface area contributed by atoms with Crippen molar-refractivity contribution in [3.63, 3.8) is 0 Å². The summed E-state index contributed by atoms with van der Waals surface area (Å²) in [6, 6.07) is 1.07. The smallest absolute Gasteiger partial charge is 0.224 e. The second-order valence-electron chi connectivity index (χ2n) is 8.26. The van der Waals surface area contributed by atoms with Crippen LogP contribution in [0.2, 0.25) is 0 Å². The average Bonchev–Trinajstić information content (AvgIpc) is 3.48. The lowest BCUT2D eigenvalue weighted by atomic mass is 9.93. The normalized spacial score (nSPS) is 25.3. The van der Waals surface area contributed by atoms with Gasteiger partial charge in [0, 0.05) is 37.9 Å². The van der Waals surface area contributed by atoms with E-state index in [9.17, 15) is 4.79 Å². The highest BCUT2D eigenvalue weighted by Crippen LogP contribution is 2.27. The molecule has 2 aliphatic heterocycles. The Kier molecular flexibility index (Phi) is 5.11. The van der Waals surface area contributed by atoms with E-state index in [0.29, 0.717) is 18.0 Å². The van der Waals surface area contributed by atoms with Crippen molar-refractivity contribution in [2.45, 2.75) is 64.5 Å². The standard InChI is InChI=1S/C20H31N5O/c1-14-12-21-15(2)19(22-14)24-10-7-18(8-11-24)25-9-3-4-16(13-25)20(26)23-17-5-6-17/h12,16-18H,3-11,13H2,1-2H3,(H,23,26). The minimum atomic E-state index is 0.187. The van der Waals surface area contributed by atoms with E-state index < -0.39 is 0 Å². The molecule has 1 saturated carbocycles. The van der Waals surface area contributed by atoms with Crippen LogP contribution in [-0.2, 0) is 4.79 Å². The van der Waals surface area contributed by atoms with Crippen LogP contribution in [0.1, 0.15) is 49.9 Å². The second-order valence-corrected chi connectivity index (χ2v) is 8.26. The molecule has 1 aromatic heterocycles. The highest BCUT2D eigenvalue weighted by Gasteiger charge is 2.34. The van der Waals surface area contributed by atoms with Gasteiger partial charge in [-0.1, -0.05) is 0 Å². The van der Waals surface area contributed by atoms with Crippen LogP contribution in [-0.4, -0.2) is 59.0 Å².